The summed E-state index contributed by atoms with van der Waals surface area (Å²) >= 11 is 0. The third kappa shape index (κ3) is 5.05. The molecule has 4 rings (SSSR count). The lowest BCUT2D eigenvalue weighted by Gasteiger charge is -2.16. The van der Waals surface area contributed by atoms with Gasteiger partial charge >= 0.3 is 5.97 Å². The predicted molar refractivity (Wildman–Crippen MR) is 122 cm³/mol. The Morgan fingerprint density at radius 1 is 1.03 bits per heavy atom. The van der Waals surface area contributed by atoms with Crippen molar-refractivity contribution in [2.45, 2.75) is 38.7 Å². The van der Waals surface area contributed by atoms with Crippen LogP contribution in [0.1, 0.15) is 31.1 Å². The number of esters is 1. The number of fused-ring (bicyclic) bond motifs is 3. The van der Waals surface area contributed by atoms with Gasteiger partial charge in [-0.05, 0) is 56.5 Å². The summed E-state index contributed by atoms with van der Waals surface area (Å²) in [5, 5.41) is 3.71. The normalized spacial score (nSPS) is 13.7. The Balaban J connectivity index is 1.33. The Morgan fingerprint density at radius 2 is 1.82 bits per heavy atom. The summed E-state index contributed by atoms with van der Waals surface area (Å²) in [5.74, 6) is 1.46. The van der Waals surface area contributed by atoms with Crippen LogP contribution >= 0.6 is 0 Å². The number of methoxy groups -OCH3 is 2. The lowest BCUT2D eigenvalue weighted by Crippen LogP contribution is -2.31. The van der Waals surface area contributed by atoms with Gasteiger partial charge in [0.1, 0.15) is 28.6 Å². The number of hydrogen-bond acceptors (Lipinski definition) is 7. The van der Waals surface area contributed by atoms with Gasteiger partial charge in [0.15, 0.2) is 12.7 Å². The van der Waals surface area contributed by atoms with E-state index in [4.69, 9.17) is 23.4 Å². The number of carbonyl (C=O) groups excluding carboxylic acids is 2. The molecule has 1 aliphatic rings. The molecule has 1 heterocycles. The van der Waals surface area contributed by atoms with E-state index in [-0.39, 0.29) is 6.61 Å². The average Bonchev–Trinajstić information content (AvgIpc) is 3.20. The lowest BCUT2D eigenvalue weighted by molar-refractivity contribution is -0.155. The lowest BCUT2D eigenvalue weighted by atomic mass is 9.96. The average molecular weight is 453 g/mol. The molecule has 0 saturated carbocycles. The van der Waals surface area contributed by atoms with Gasteiger partial charge in [-0.3, -0.25) is 4.79 Å². The summed E-state index contributed by atoms with van der Waals surface area (Å²) in [6.45, 7) is 1.18. The van der Waals surface area contributed by atoms with E-state index in [1.54, 1.807) is 24.3 Å². The van der Waals surface area contributed by atoms with E-state index in [0.717, 1.165) is 42.4 Å². The molecule has 1 aromatic heterocycles. The third-order valence-corrected chi connectivity index (χ3v) is 5.63. The molecular formula is C25H27NO7. The molecule has 0 fully saturated rings. The van der Waals surface area contributed by atoms with E-state index in [1.807, 2.05) is 12.1 Å². The minimum absolute atomic E-state index is 0.314. The van der Waals surface area contributed by atoms with Crippen molar-refractivity contribution < 1.29 is 33.0 Å². The number of carbonyl (C=O) groups is 2. The highest BCUT2D eigenvalue weighted by atomic mass is 16.6. The first-order valence-corrected chi connectivity index (χ1v) is 10.9. The zero-order valence-corrected chi connectivity index (χ0v) is 18.9. The molecular weight excluding hydrogens is 426 g/mol. The van der Waals surface area contributed by atoms with Gasteiger partial charge in [-0.15, -0.1) is 0 Å². The fraction of sp³-hybridized carbons (Fsp3) is 0.360. The Hall–Kier alpha value is -3.68. The van der Waals surface area contributed by atoms with Gasteiger partial charge < -0.3 is 28.7 Å². The molecule has 1 atom stereocenters. The van der Waals surface area contributed by atoms with Crippen molar-refractivity contribution in [1.29, 1.82) is 0 Å². The van der Waals surface area contributed by atoms with Crippen molar-refractivity contribution >= 4 is 28.5 Å². The second-order valence-corrected chi connectivity index (χ2v) is 7.85. The Labute approximate surface area is 191 Å². The van der Waals surface area contributed by atoms with Crippen LogP contribution in [-0.4, -0.2) is 38.8 Å². The van der Waals surface area contributed by atoms with Crippen molar-refractivity contribution in [2.75, 3.05) is 26.1 Å². The smallest absolute Gasteiger partial charge is 0.344 e. The van der Waals surface area contributed by atoms with Crippen LogP contribution in [0.25, 0.3) is 11.0 Å². The zero-order chi connectivity index (χ0) is 23.4. The molecule has 0 aliphatic heterocycles. The van der Waals surface area contributed by atoms with Crippen molar-refractivity contribution in [3.05, 3.63) is 47.7 Å². The zero-order valence-electron chi connectivity index (χ0n) is 18.9. The molecule has 33 heavy (non-hydrogen) atoms. The molecule has 8 heteroatoms. The number of amides is 1. The largest absolute Gasteiger partial charge is 0.497 e. The summed E-state index contributed by atoms with van der Waals surface area (Å²) in [5.41, 5.74) is 2.47. The van der Waals surface area contributed by atoms with Crippen LogP contribution in [0.4, 0.5) is 5.69 Å². The fourth-order valence-corrected chi connectivity index (χ4v) is 3.90. The number of rotatable bonds is 8. The Kier molecular flexibility index (Phi) is 6.72. The number of aryl methyl sites for hydroxylation is 2. The van der Waals surface area contributed by atoms with Crippen molar-refractivity contribution in [3.63, 3.8) is 0 Å². The minimum Gasteiger partial charge on any atom is -0.497 e. The first-order chi connectivity index (χ1) is 16.0. The van der Waals surface area contributed by atoms with Crippen LogP contribution in [0.15, 0.2) is 40.8 Å². The summed E-state index contributed by atoms with van der Waals surface area (Å²) in [6, 6.07) is 10.5. The quantitative estimate of drug-likeness (QED) is 0.509. The summed E-state index contributed by atoms with van der Waals surface area (Å²) in [4.78, 5) is 24.8. The molecule has 1 unspecified atom stereocenters. The van der Waals surface area contributed by atoms with Crippen LogP contribution in [0.3, 0.4) is 0 Å². The van der Waals surface area contributed by atoms with Gasteiger partial charge in [-0.2, -0.15) is 0 Å². The predicted octanol–water partition coefficient (Wildman–Crippen LogP) is 4.28. The Bertz CT molecular complexity index is 1170. The maximum Gasteiger partial charge on any atom is 0.344 e. The van der Waals surface area contributed by atoms with Crippen LogP contribution in [0, 0.1) is 0 Å². The van der Waals surface area contributed by atoms with Gasteiger partial charge in [0.2, 0.25) is 0 Å². The van der Waals surface area contributed by atoms with E-state index >= 15 is 0 Å². The first-order valence-electron chi connectivity index (χ1n) is 10.9. The van der Waals surface area contributed by atoms with E-state index in [9.17, 15) is 9.59 Å². The summed E-state index contributed by atoms with van der Waals surface area (Å²) in [6.07, 6.45) is 3.19. The molecule has 0 radical (unpaired) electrons. The summed E-state index contributed by atoms with van der Waals surface area (Å²) in [7, 11) is 3.02. The van der Waals surface area contributed by atoms with Crippen LogP contribution in [-0.2, 0) is 27.2 Å². The number of nitrogens with one attached hydrogen (secondary N) is 1. The van der Waals surface area contributed by atoms with E-state index in [2.05, 4.69) is 5.32 Å². The highest BCUT2D eigenvalue weighted by molar-refractivity contribution is 5.96. The standard InChI is InChI=1S/C25H27NO7/c1-15(25(28)26-20-13-16(29-2)8-11-23(20)30-3)32-24(27)14-31-17-9-10-22-19(12-17)18-6-4-5-7-21(18)33-22/h8-13,15H,4-7,14H2,1-3H3,(H,26,28). The Morgan fingerprint density at radius 3 is 2.61 bits per heavy atom. The second kappa shape index (κ2) is 9.85. The molecule has 174 valence electrons. The number of hydrogen-bond donors (Lipinski definition) is 1. The van der Waals surface area contributed by atoms with Crippen molar-refractivity contribution in [1.82, 2.24) is 0 Å². The monoisotopic (exact) mass is 453 g/mol. The molecule has 1 N–H and O–H groups in total. The van der Waals surface area contributed by atoms with Crippen molar-refractivity contribution in [2.24, 2.45) is 0 Å². The second-order valence-electron chi connectivity index (χ2n) is 7.85. The number of furan rings is 1. The number of anilines is 1. The van der Waals surface area contributed by atoms with Crippen LogP contribution in [0.5, 0.6) is 17.2 Å². The maximum absolute atomic E-state index is 12.5. The van der Waals surface area contributed by atoms with Gasteiger partial charge in [-0.25, -0.2) is 4.79 Å². The van der Waals surface area contributed by atoms with E-state index in [1.165, 1.54) is 26.7 Å². The van der Waals surface area contributed by atoms with Crippen molar-refractivity contribution in [3.8, 4) is 17.2 Å². The highest BCUT2D eigenvalue weighted by Crippen LogP contribution is 2.34. The van der Waals surface area contributed by atoms with Crippen LogP contribution in [0.2, 0.25) is 0 Å². The molecule has 2 aromatic carbocycles. The van der Waals surface area contributed by atoms with E-state index in [0.29, 0.717) is 22.9 Å². The van der Waals surface area contributed by atoms with Crippen LogP contribution < -0.4 is 19.5 Å². The topological polar surface area (TPSA) is 96.2 Å². The molecule has 1 amide bonds. The molecule has 0 bridgehead atoms. The van der Waals surface area contributed by atoms with Gasteiger partial charge in [0.05, 0.1) is 19.9 Å². The molecule has 3 aromatic rings. The summed E-state index contributed by atoms with van der Waals surface area (Å²) < 4.78 is 27.2. The third-order valence-electron chi connectivity index (χ3n) is 5.63. The van der Waals surface area contributed by atoms with Gasteiger partial charge in [0.25, 0.3) is 5.91 Å². The first kappa shape index (κ1) is 22.5. The van der Waals surface area contributed by atoms with Gasteiger partial charge in [0, 0.05) is 23.4 Å². The van der Waals surface area contributed by atoms with Gasteiger partial charge in [-0.1, -0.05) is 0 Å². The molecule has 0 saturated heterocycles. The number of ether oxygens (including phenoxy) is 4. The highest BCUT2D eigenvalue weighted by Gasteiger charge is 2.21. The maximum atomic E-state index is 12.5. The molecule has 0 spiro atoms. The molecule has 8 nitrogen and oxygen atoms in total. The van der Waals surface area contributed by atoms with E-state index < -0.39 is 18.0 Å². The minimum atomic E-state index is -1.03. The SMILES string of the molecule is COc1ccc(OC)c(NC(=O)C(C)OC(=O)COc2ccc3oc4c(c3c2)CCCC4)c1. The molecule has 1 aliphatic carbocycles. The fourth-order valence-electron chi connectivity index (χ4n) is 3.90. The number of benzene rings is 2.